The van der Waals surface area contributed by atoms with Crippen molar-refractivity contribution in [3.8, 4) is 0 Å². The fourth-order valence-electron chi connectivity index (χ4n) is 2.76. The average Bonchev–Trinajstić information content (AvgIpc) is 2.55. The van der Waals surface area contributed by atoms with Crippen molar-refractivity contribution in [3.05, 3.63) is 33.8 Å². The van der Waals surface area contributed by atoms with Crippen molar-refractivity contribution in [2.45, 2.75) is 51.7 Å². The molecule has 0 bridgehead atoms. The highest BCUT2D eigenvalue weighted by atomic mass is 35.5. The van der Waals surface area contributed by atoms with E-state index in [1.165, 1.54) is 0 Å². The Labute approximate surface area is 132 Å². The SMILES string of the molecule is CCC1(C)CN(Cc2cc(Cl)ccc2Cl)C(C)CCN1. The minimum absolute atomic E-state index is 0.176. The number of hydrogen-bond acceptors (Lipinski definition) is 2. The maximum Gasteiger partial charge on any atom is 0.0452 e. The van der Waals surface area contributed by atoms with E-state index >= 15 is 0 Å². The molecule has 20 heavy (non-hydrogen) atoms. The van der Waals surface area contributed by atoms with E-state index < -0.39 is 0 Å². The maximum absolute atomic E-state index is 6.31. The van der Waals surface area contributed by atoms with Gasteiger partial charge in [0.05, 0.1) is 0 Å². The third-order valence-corrected chi connectivity index (χ3v) is 5.05. The van der Waals surface area contributed by atoms with Crippen molar-refractivity contribution in [3.63, 3.8) is 0 Å². The Balaban J connectivity index is 2.18. The molecule has 2 rings (SSSR count). The summed E-state index contributed by atoms with van der Waals surface area (Å²) in [4.78, 5) is 2.51. The molecule has 1 heterocycles. The van der Waals surface area contributed by atoms with Crippen LogP contribution in [0.1, 0.15) is 39.2 Å². The first-order valence-electron chi connectivity index (χ1n) is 7.36. The quantitative estimate of drug-likeness (QED) is 0.892. The maximum atomic E-state index is 6.31. The van der Waals surface area contributed by atoms with Crippen LogP contribution in [0.15, 0.2) is 18.2 Å². The van der Waals surface area contributed by atoms with Gasteiger partial charge in [0.15, 0.2) is 0 Å². The minimum Gasteiger partial charge on any atom is -0.310 e. The summed E-state index contributed by atoms with van der Waals surface area (Å²) >= 11 is 12.4. The van der Waals surface area contributed by atoms with E-state index in [0.717, 1.165) is 48.1 Å². The molecule has 1 aromatic rings. The van der Waals surface area contributed by atoms with Crippen molar-refractivity contribution in [1.29, 1.82) is 0 Å². The lowest BCUT2D eigenvalue weighted by molar-refractivity contribution is 0.163. The number of benzene rings is 1. The van der Waals surface area contributed by atoms with E-state index in [1.54, 1.807) is 0 Å². The molecule has 1 aliphatic rings. The number of hydrogen-bond donors (Lipinski definition) is 1. The molecular formula is C16H24Cl2N2. The van der Waals surface area contributed by atoms with Crippen molar-refractivity contribution in [1.82, 2.24) is 10.2 Å². The molecule has 1 saturated heterocycles. The van der Waals surface area contributed by atoms with Gasteiger partial charge < -0.3 is 5.32 Å². The normalized spacial score (nSPS) is 28.4. The lowest BCUT2D eigenvalue weighted by Crippen LogP contribution is -2.49. The Bertz CT molecular complexity index is 464. The summed E-state index contributed by atoms with van der Waals surface area (Å²) in [6.45, 7) is 9.81. The molecule has 2 atom stereocenters. The molecule has 0 saturated carbocycles. The highest BCUT2D eigenvalue weighted by Gasteiger charge is 2.30. The summed E-state index contributed by atoms with van der Waals surface area (Å²) in [5.41, 5.74) is 1.29. The molecule has 0 aromatic heterocycles. The molecule has 112 valence electrons. The molecule has 2 nitrogen and oxygen atoms in total. The molecule has 1 N–H and O–H groups in total. The first-order valence-corrected chi connectivity index (χ1v) is 8.12. The molecule has 4 heteroatoms. The highest BCUT2D eigenvalue weighted by Crippen LogP contribution is 2.26. The Hall–Kier alpha value is -0.280. The Morgan fingerprint density at radius 3 is 2.85 bits per heavy atom. The number of rotatable bonds is 3. The number of nitrogens with one attached hydrogen (secondary N) is 1. The lowest BCUT2D eigenvalue weighted by atomic mass is 9.98. The second-order valence-electron chi connectivity index (χ2n) is 6.12. The summed E-state index contributed by atoms with van der Waals surface area (Å²) in [5, 5.41) is 5.23. The van der Waals surface area contributed by atoms with E-state index in [1.807, 2.05) is 18.2 Å². The molecular weight excluding hydrogens is 291 g/mol. The Kier molecular flexibility index (Phi) is 5.36. The number of nitrogens with zero attached hydrogens (tertiary/aromatic N) is 1. The summed E-state index contributed by atoms with van der Waals surface area (Å²) in [6.07, 6.45) is 2.28. The zero-order valence-electron chi connectivity index (χ0n) is 12.5. The van der Waals surface area contributed by atoms with Gasteiger partial charge in [0, 0.05) is 34.7 Å². The van der Waals surface area contributed by atoms with Gasteiger partial charge in [0.2, 0.25) is 0 Å². The van der Waals surface area contributed by atoms with Gasteiger partial charge in [-0.05, 0) is 57.0 Å². The summed E-state index contributed by atoms with van der Waals surface area (Å²) < 4.78 is 0. The zero-order chi connectivity index (χ0) is 14.8. The first kappa shape index (κ1) is 16.1. The van der Waals surface area contributed by atoms with Gasteiger partial charge in [-0.2, -0.15) is 0 Å². The van der Waals surface area contributed by atoms with E-state index in [2.05, 4.69) is 31.0 Å². The van der Waals surface area contributed by atoms with Gasteiger partial charge in [-0.1, -0.05) is 30.1 Å². The fourth-order valence-corrected chi connectivity index (χ4v) is 3.13. The van der Waals surface area contributed by atoms with E-state index in [-0.39, 0.29) is 5.54 Å². The van der Waals surface area contributed by atoms with Crippen LogP contribution in [0.25, 0.3) is 0 Å². The van der Waals surface area contributed by atoms with Crippen LogP contribution in [0, 0.1) is 0 Å². The molecule has 2 unspecified atom stereocenters. The minimum atomic E-state index is 0.176. The van der Waals surface area contributed by atoms with Gasteiger partial charge in [0.1, 0.15) is 0 Å². The van der Waals surface area contributed by atoms with Gasteiger partial charge in [-0.3, -0.25) is 4.90 Å². The first-order chi connectivity index (χ1) is 9.43. The van der Waals surface area contributed by atoms with Gasteiger partial charge in [0.25, 0.3) is 0 Å². The molecule has 0 radical (unpaired) electrons. The average molecular weight is 315 g/mol. The van der Waals surface area contributed by atoms with Crippen molar-refractivity contribution in [2.24, 2.45) is 0 Å². The summed E-state index contributed by atoms with van der Waals surface area (Å²) in [5.74, 6) is 0. The van der Waals surface area contributed by atoms with Gasteiger partial charge in [-0.15, -0.1) is 0 Å². The molecule has 0 amide bonds. The van der Waals surface area contributed by atoms with Crippen LogP contribution in [0.2, 0.25) is 10.0 Å². The zero-order valence-corrected chi connectivity index (χ0v) is 14.1. The van der Waals surface area contributed by atoms with Crippen molar-refractivity contribution < 1.29 is 0 Å². The number of halogens is 2. The monoisotopic (exact) mass is 314 g/mol. The van der Waals surface area contributed by atoms with Gasteiger partial charge in [-0.25, -0.2) is 0 Å². The molecule has 1 fully saturated rings. The molecule has 1 aliphatic heterocycles. The summed E-state index contributed by atoms with van der Waals surface area (Å²) in [7, 11) is 0. The predicted octanol–water partition coefficient (Wildman–Crippen LogP) is 4.35. The smallest absolute Gasteiger partial charge is 0.0452 e. The van der Waals surface area contributed by atoms with Gasteiger partial charge >= 0.3 is 0 Å². The highest BCUT2D eigenvalue weighted by molar-refractivity contribution is 6.33. The largest absolute Gasteiger partial charge is 0.310 e. The van der Waals surface area contributed by atoms with Crippen LogP contribution in [0.3, 0.4) is 0 Å². The topological polar surface area (TPSA) is 15.3 Å². The van der Waals surface area contributed by atoms with Crippen LogP contribution in [0.5, 0.6) is 0 Å². The molecule has 0 aliphatic carbocycles. The Morgan fingerprint density at radius 2 is 2.15 bits per heavy atom. The third-order valence-electron chi connectivity index (χ3n) is 4.45. The fraction of sp³-hybridized carbons (Fsp3) is 0.625. The van der Waals surface area contributed by atoms with E-state index in [9.17, 15) is 0 Å². The summed E-state index contributed by atoms with van der Waals surface area (Å²) in [6, 6.07) is 6.26. The van der Waals surface area contributed by atoms with Crippen LogP contribution < -0.4 is 5.32 Å². The van der Waals surface area contributed by atoms with Crippen LogP contribution in [-0.2, 0) is 6.54 Å². The van der Waals surface area contributed by atoms with Crippen LogP contribution in [-0.4, -0.2) is 29.6 Å². The molecule has 0 spiro atoms. The standard InChI is InChI=1S/C16H24Cl2N2/c1-4-16(3)11-20(12(2)7-8-19-16)10-13-9-14(17)5-6-15(13)18/h5-6,9,12,19H,4,7-8,10-11H2,1-3H3. The Morgan fingerprint density at radius 1 is 1.40 bits per heavy atom. The lowest BCUT2D eigenvalue weighted by Gasteiger charge is -2.35. The second kappa shape index (κ2) is 6.65. The van der Waals surface area contributed by atoms with Crippen LogP contribution >= 0.6 is 23.2 Å². The van der Waals surface area contributed by atoms with Crippen molar-refractivity contribution >= 4 is 23.2 Å². The van der Waals surface area contributed by atoms with Crippen LogP contribution in [0.4, 0.5) is 0 Å². The molecule has 1 aromatic carbocycles. The van der Waals surface area contributed by atoms with E-state index in [0.29, 0.717) is 6.04 Å². The van der Waals surface area contributed by atoms with Crippen molar-refractivity contribution in [2.75, 3.05) is 13.1 Å². The predicted molar refractivity (Wildman–Crippen MR) is 87.6 cm³/mol. The third kappa shape index (κ3) is 3.88. The van der Waals surface area contributed by atoms with E-state index in [4.69, 9.17) is 23.2 Å². The second-order valence-corrected chi connectivity index (χ2v) is 6.96.